The summed E-state index contributed by atoms with van der Waals surface area (Å²) in [5.74, 6) is -0.640. The highest BCUT2D eigenvalue weighted by atomic mass is 35.5. The molecule has 0 unspecified atom stereocenters. The molecule has 2 N–H and O–H groups in total. The summed E-state index contributed by atoms with van der Waals surface area (Å²) >= 11 is 5.89. The lowest BCUT2D eigenvalue weighted by Gasteiger charge is -2.14. The third-order valence-corrected chi connectivity index (χ3v) is 4.24. The average molecular weight is 310 g/mol. The highest BCUT2D eigenvalue weighted by Crippen LogP contribution is 2.26. The molecule has 0 atom stereocenters. The van der Waals surface area contributed by atoms with Crippen LogP contribution in [0.25, 0.3) is 0 Å². The van der Waals surface area contributed by atoms with Crippen molar-refractivity contribution in [3.05, 3.63) is 28.8 Å². The molecule has 5 heteroatoms. The number of carbonyl (C=O) groups excluding carboxylic acids is 1. The van der Waals surface area contributed by atoms with Crippen LogP contribution in [-0.2, 0) is 4.79 Å². The number of hydrogen-bond donors (Lipinski definition) is 2. The van der Waals surface area contributed by atoms with Crippen molar-refractivity contribution in [1.29, 1.82) is 0 Å². The molecule has 0 aromatic heterocycles. The quantitative estimate of drug-likeness (QED) is 0.813. The summed E-state index contributed by atoms with van der Waals surface area (Å²) in [6.45, 7) is 0. The number of amides is 1. The van der Waals surface area contributed by atoms with Crippen molar-refractivity contribution in [2.24, 2.45) is 5.92 Å². The van der Waals surface area contributed by atoms with Crippen LogP contribution in [0.2, 0.25) is 5.02 Å². The average Bonchev–Trinajstić information content (AvgIpc) is 2.66. The standard InChI is InChI=1S/C16H20ClNO3/c17-14-10-12(7-8-13(14)16(20)21)18-15(19)9-11-5-3-1-2-4-6-11/h7-8,10-11H,1-6,9H2,(H,18,19)(H,20,21). The van der Waals surface area contributed by atoms with E-state index in [4.69, 9.17) is 16.7 Å². The van der Waals surface area contributed by atoms with Crippen molar-refractivity contribution in [1.82, 2.24) is 0 Å². The molecular formula is C16H20ClNO3. The van der Waals surface area contributed by atoms with Crippen molar-refractivity contribution in [3.8, 4) is 0 Å². The van der Waals surface area contributed by atoms with E-state index in [1.54, 1.807) is 6.07 Å². The minimum absolute atomic E-state index is 0.0268. The van der Waals surface area contributed by atoms with Crippen molar-refractivity contribution >= 4 is 29.2 Å². The number of halogens is 1. The zero-order chi connectivity index (χ0) is 15.2. The van der Waals surface area contributed by atoms with Crippen LogP contribution in [0.5, 0.6) is 0 Å². The maximum atomic E-state index is 12.1. The lowest BCUT2D eigenvalue weighted by molar-refractivity contribution is -0.117. The number of nitrogens with one attached hydrogen (secondary N) is 1. The molecule has 0 heterocycles. The first-order valence-corrected chi connectivity index (χ1v) is 7.77. The summed E-state index contributed by atoms with van der Waals surface area (Å²) in [6, 6.07) is 4.46. The van der Waals surface area contributed by atoms with Crippen LogP contribution < -0.4 is 5.32 Å². The van der Waals surface area contributed by atoms with Gasteiger partial charge in [-0.15, -0.1) is 0 Å². The van der Waals surface area contributed by atoms with E-state index < -0.39 is 5.97 Å². The van der Waals surface area contributed by atoms with Crippen LogP contribution in [-0.4, -0.2) is 17.0 Å². The van der Waals surface area contributed by atoms with Crippen LogP contribution in [0.15, 0.2) is 18.2 Å². The van der Waals surface area contributed by atoms with Gasteiger partial charge in [0.1, 0.15) is 0 Å². The molecule has 0 spiro atoms. The van der Waals surface area contributed by atoms with E-state index in [1.165, 1.54) is 37.8 Å². The molecule has 2 rings (SSSR count). The predicted molar refractivity (Wildman–Crippen MR) is 82.9 cm³/mol. The second kappa shape index (κ2) is 7.46. The number of carbonyl (C=O) groups is 2. The Morgan fingerprint density at radius 2 is 1.86 bits per heavy atom. The first-order valence-electron chi connectivity index (χ1n) is 7.39. The summed E-state index contributed by atoms with van der Waals surface area (Å²) in [7, 11) is 0. The minimum atomic E-state index is -1.07. The SMILES string of the molecule is O=C(CC1CCCCCC1)Nc1ccc(C(=O)O)c(Cl)c1. The van der Waals surface area contributed by atoms with Gasteiger partial charge in [0.05, 0.1) is 10.6 Å². The van der Waals surface area contributed by atoms with E-state index in [0.717, 1.165) is 12.8 Å². The van der Waals surface area contributed by atoms with E-state index >= 15 is 0 Å². The Morgan fingerprint density at radius 3 is 2.43 bits per heavy atom. The lowest BCUT2D eigenvalue weighted by Crippen LogP contribution is -2.16. The molecule has 0 aliphatic heterocycles. The van der Waals surface area contributed by atoms with Gasteiger partial charge in [-0.2, -0.15) is 0 Å². The summed E-state index contributed by atoms with van der Waals surface area (Å²) in [6.07, 6.45) is 7.71. The van der Waals surface area contributed by atoms with Gasteiger partial charge in [-0.3, -0.25) is 4.79 Å². The molecule has 1 aromatic carbocycles. The second-order valence-corrected chi connectivity index (χ2v) is 6.02. The topological polar surface area (TPSA) is 66.4 Å². The van der Waals surface area contributed by atoms with Crippen molar-refractivity contribution in [2.75, 3.05) is 5.32 Å². The predicted octanol–water partition coefficient (Wildman–Crippen LogP) is 4.34. The normalized spacial score (nSPS) is 16.2. The third-order valence-electron chi connectivity index (χ3n) is 3.93. The zero-order valence-corrected chi connectivity index (χ0v) is 12.7. The molecule has 114 valence electrons. The van der Waals surface area contributed by atoms with Crippen LogP contribution in [0.1, 0.15) is 55.3 Å². The van der Waals surface area contributed by atoms with Crippen molar-refractivity contribution < 1.29 is 14.7 Å². The highest BCUT2D eigenvalue weighted by Gasteiger charge is 2.16. The molecular weight excluding hydrogens is 290 g/mol. The van der Waals surface area contributed by atoms with Gasteiger partial charge in [-0.1, -0.05) is 37.3 Å². The van der Waals surface area contributed by atoms with Gasteiger partial charge >= 0.3 is 5.97 Å². The second-order valence-electron chi connectivity index (χ2n) is 5.61. The zero-order valence-electron chi connectivity index (χ0n) is 11.9. The van der Waals surface area contributed by atoms with Crippen LogP contribution in [0.4, 0.5) is 5.69 Å². The number of benzene rings is 1. The number of carboxylic acids is 1. The molecule has 1 aliphatic carbocycles. The van der Waals surface area contributed by atoms with Crippen molar-refractivity contribution in [3.63, 3.8) is 0 Å². The number of anilines is 1. The van der Waals surface area contributed by atoms with Gasteiger partial charge in [-0.05, 0) is 37.0 Å². The number of rotatable bonds is 4. The maximum Gasteiger partial charge on any atom is 0.337 e. The molecule has 21 heavy (non-hydrogen) atoms. The number of aromatic carboxylic acids is 1. The molecule has 0 bridgehead atoms. The largest absolute Gasteiger partial charge is 0.478 e. The molecule has 1 aliphatic rings. The van der Waals surface area contributed by atoms with Gasteiger partial charge in [0, 0.05) is 12.1 Å². The summed E-state index contributed by atoms with van der Waals surface area (Å²) in [4.78, 5) is 22.9. The Hall–Kier alpha value is -1.55. The Morgan fingerprint density at radius 1 is 1.19 bits per heavy atom. The fourth-order valence-corrected chi connectivity index (χ4v) is 3.07. The molecule has 1 amide bonds. The summed E-state index contributed by atoms with van der Waals surface area (Å²) in [5, 5.41) is 11.8. The molecule has 1 saturated carbocycles. The smallest absolute Gasteiger partial charge is 0.337 e. The van der Waals surface area contributed by atoms with E-state index in [9.17, 15) is 9.59 Å². The Labute approximate surface area is 129 Å². The van der Waals surface area contributed by atoms with Gasteiger partial charge < -0.3 is 10.4 Å². The first-order chi connectivity index (χ1) is 10.1. The van der Waals surface area contributed by atoms with Gasteiger partial charge in [0.2, 0.25) is 5.91 Å². The first kappa shape index (κ1) is 15.8. The van der Waals surface area contributed by atoms with E-state index in [1.807, 2.05) is 0 Å². The fraction of sp³-hybridized carbons (Fsp3) is 0.500. The Kier molecular flexibility index (Phi) is 5.62. The summed E-state index contributed by atoms with van der Waals surface area (Å²) < 4.78 is 0. The fourth-order valence-electron chi connectivity index (χ4n) is 2.81. The lowest BCUT2D eigenvalue weighted by atomic mass is 9.96. The maximum absolute atomic E-state index is 12.1. The molecule has 0 radical (unpaired) electrons. The molecule has 1 aromatic rings. The summed E-state index contributed by atoms with van der Waals surface area (Å²) in [5.41, 5.74) is 0.585. The highest BCUT2D eigenvalue weighted by molar-refractivity contribution is 6.33. The van der Waals surface area contributed by atoms with Crippen LogP contribution >= 0.6 is 11.6 Å². The monoisotopic (exact) mass is 309 g/mol. The van der Waals surface area contributed by atoms with Crippen LogP contribution in [0.3, 0.4) is 0 Å². The van der Waals surface area contributed by atoms with E-state index in [0.29, 0.717) is 18.0 Å². The Bertz CT molecular complexity index is 522. The molecule has 0 saturated heterocycles. The van der Waals surface area contributed by atoms with Gasteiger partial charge in [0.25, 0.3) is 0 Å². The van der Waals surface area contributed by atoms with Crippen molar-refractivity contribution in [2.45, 2.75) is 44.9 Å². The van der Waals surface area contributed by atoms with Gasteiger partial charge in [-0.25, -0.2) is 4.79 Å². The number of hydrogen-bond acceptors (Lipinski definition) is 2. The molecule has 4 nitrogen and oxygen atoms in total. The minimum Gasteiger partial charge on any atom is -0.478 e. The Balaban J connectivity index is 1.93. The number of carboxylic acid groups (broad SMARTS) is 1. The van der Waals surface area contributed by atoms with Crippen LogP contribution in [0, 0.1) is 5.92 Å². The van der Waals surface area contributed by atoms with Gasteiger partial charge in [0.15, 0.2) is 0 Å². The van der Waals surface area contributed by atoms with E-state index in [-0.39, 0.29) is 16.5 Å². The molecule has 1 fully saturated rings. The third kappa shape index (κ3) is 4.74. The van der Waals surface area contributed by atoms with E-state index in [2.05, 4.69) is 5.32 Å².